The fourth-order valence-electron chi connectivity index (χ4n) is 2.43. The van der Waals surface area contributed by atoms with Crippen molar-refractivity contribution in [1.82, 2.24) is 10.6 Å². The summed E-state index contributed by atoms with van der Waals surface area (Å²) in [7, 11) is 0. The lowest BCUT2D eigenvalue weighted by Gasteiger charge is -2.18. The monoisotopic (exact) mass is 282 g/mol. The maximum absolute atomic E-state index is 3.59. The number of benzene rings is 2. The van der Waals surface area contributed by atoms with Gasteiger partial charge in [-0.3, -0.25) is 0 Å². The third-order valence-electron chi connectivity index (χ3n) is 3.70. The molecule has 2 aromatic rings. The molecular formula is C19H26N2. The Labute approximate surface area is 128 Å². The molecule has 2 N–H and O–H groups in total. The van der Waals surface area contributed by atoms with Crippen molar-refractivity contribution in [3.63, 3.8) is 0 Å². The van der Waals surface area contributed by atoms with Gasteiger partial charge in [-0.25, -0.2) is 0 Å². The second-order valence-electron chi connectivity index (χ2n) is 5.34. The summed E-state index contributed by atoms with van der Waals surface area (Å²) in [6, 6.07) is 21.3. The van der Waals surface area contributed by atoms with Gasteiger partial charge in [0.15, 0.2) is 0 Å². The molecule has 21 heavy (non-hydrogen) atoms. The molecule has 0 amide bonds. The Hall–Kier alpha value is -1.64. The third kappa shape index (κ3) is 6.11. The Kier molecular flexibility index (Phi) is 6.99. The fraction of sp³-hybridized carbons (Fsp3) is 0.368. The minimum absolute atomic E-state index is 0.400. The average molecular weight is 282 g/mol. The van der Waals surface area contributed by atoms with Crippen molar-refractivity contribution in [1.29, 1.82) is 0 Å². The van der Waals surface area contributed by atoms with Crippen LogP contribution in [0.2, 0.25) is 0 Å². The van der Waals surface area contributed by atoms with Crippen LogP contribution in [-0.4, -0.2) is 19.3 Å². The van der Waals surface area contributed by atoms with E-state index in [1.54, 1.807) is 0 Å². The lowest BCUT2D eigenvalue weighted by molar-refractivity contribution is 0.418. The van der Waals surface area contributed by atoms with E-state index < -0.39 is 0 Å². The van der Waals surface area contributed by atoms with E-state index in [1.807, 2.05) is 0 Å². The van der Waals surface area contributed by atoms with E-state index in [9.17, 15) is 0 Å². The highest BCUT2D eigenvalue weighted by Gasteiger charge is 2.03. The highest BCUT2D eigenvalue weighted by atomic mass is 15.1. The molecule has 0 aromatic heterocycles. The molecule has 0 atom stereocenters. The Morgan fingerprint density at radius 3 is 1.52 bits per heavy atom. The molecular weight excluding hydrogens is 256 g/mol. The smallest absolute Gasteiger partial charge is 0.0569 e. The van der Waals surface area contributed by atoms with E-state index in [4.69, 9.17) is 0 Å². The quantitative estimate of drug-likeness (QED) is 0.689. The fourth-order valence-corrected chi connectivity index (χ4v) is 2.43. The second kappa shape index (κ2) is 9.32. The highest BCUT2D eigenvalue weighted by Crippen LogP contribution is 2.00. The Bertz CT molecular complexity index is 436. The van der Waals surface area contributed by atoms with Gasteiger partial charge in [-0.05, 0) is 30.4 Å². The third-order valence-corrected chi connectivity index (χ3v) is 3.70. The summed E-state index contributed by atoms with van der Waals surface area (Å²) in [6.07, 6.45) is 3.66. The van der Waals surface area contributed by atoms with Gasteiger partial charge in [-0.1, -0.05) is 67.6 Å². The Morgan fingerprint density at radius 2 is 1.14 bits per heavy atom. The average Bonchev–Trinajstić information content (AvgIpc) is 2.55. The van der Waals surface area contributed by atoms with E-state index in [0.717, 1.165) is 32.4 Å². The topological polar surface area (TPSA) is 24.1 Å². The van der Waals surface area contributed by atoms with Gasteiger partial charge >= 0.3 is 0 Å². The Balaban J connectivity index is 1.64. The SMILES string of the molecule is CCC(NCCc1ccccc1)NCCc1ccccc1. The molecule has 112 valence electrons. The van der Waals surface area contributed by atoms with Crippen LogP contribution >= 0.6 is 0 Å². The molecule has 0 saturated heterocycles. The number of rotatable bonds is 9. The van der Waals surface area contributed by atoms with Gasteiger partial charge in [0.25, 0.3) is 0 Å². The van der Waals surface area contributed by atoms with Crippen molar-refractivity contribution in [2.45, 2.75) is 32.4 Å². The van der Waals surface area contributed by atoms with Crippen LogP contribution in [0.15, 0.2) is 60.7 Å². The summed E-state index contributed by atoms with van der Waals surface area (Å²) in [4.78, 5) is 0. The van der Waals surface area contributed by atoms with E-state index >= 15 is 0 Å². The van der Waals surface area contributed by atoms with Crippen LogP contribution in [0.1, 0.15) is 24.5 Å². The Morgan fingerprint density at radius 1 is 0.714 bits per heavy atom. The molecule has 2 rings (SSSR count). The summed E-state index contributed by atoms with van der Waals surface area (Å²) >= 11 is 0. The van der Waals surface area contributed by atoms with Gasteiger partial charge in [-0.15, -0.1) is 0 Å². The molecule has 0 saturated carbocycles. The molecule has 2 aromatic carbocycles. The van der Waals surface area contributed by atoms with E-state index in [1.165, 1.54) is 11.1 Å². The largest absolute Gasteiger partial charge is 0.302 e. The molecule has 0 fully saturated rings. The molecule has 0 heterocycles. The predicted octanol–water partition coefficient (Wildman–Crippen LogP) is 3.39. The summed E-state index contributed by atoms with van der Waals surface area (Å²) in [5.41, 5.74) is 2.79. The van der Waals surface area contributed by atoms with E-state index in [0.29, 0.717) is 6.17 Å². The van der Waals surface area contributed by atoms with Crippen molar-refractivity contribution < 1.29 is 0 Å². The summed E-state index contributed by atoms with van der Waals surface area (Å²) in [6.45, 7) is 4.25. The normalized spacial score (nSPS) is 11.0. The molecule has 0 aliphatic heterocycles. The molecule has 2 heteroatoms. The standard InChI is InChI=1S/C19H26N2/c1-2-19(20-15-13-17-9-5-3-6-10-17)21-16-14-18-11-7-4-8-12-18/h3-12,19-21H,2,13-16H2,1H3. The predicted molar refractivity (Wildman–Crippen MR) is 90.4 cm³/mol. The maximum atomic E-state index is 3.59. The van der Waals surface area contributed by atoms with Gasteiger partial charge in [0.05, 0.1) is 6.17 Å². The molecule has 2 nitrogen and oxygen atoms in total. The minimum atomic E-state index is 0.400. The molecule has 0 unspecified atom stereocenters. The zero-order chi connectivity index (χ0) is 14.8. The van der Waals surface area contributed by atoms with Crippen molar-refractivity contribution in [3.05, 3.63) is 71.8 Å². The van der Waals surface area contributed by atoms with Crippen LogP contribution in [0.3, 0.4) is 0 Å². The first kappa shape index (κ1) is 15.7. The summed E-state index contributed by atoms with van der Waals surface area (Å²) in [5, 5.41) is 7.19. The van der Waals surface area contributed by atoms with Gasteiger partial charge in [0.1, 0.15) is 0 Å². The van der Waals surface area contributed by atoms with Crippen LogP contribution in [-0.2, 0) is 12.8 Å². The van der Waals surface area contributed by atoms with Gasteiger partial charge in [0.2, 0.25) is 0 Å². The van der Waals surface area contributed by atoms with Crippen LogP contribution in [0.25, 0.3) is 0 Å². The number of hydrogen-bond acceptors (Lipinski definition) is 2. The first-order valence-corrected chi connectivity index (χ1v) is 7.93. The molecule has 0 spiro atoms. The van der Waals surface area contributed by atoms with Gasteiger partial charge in [0, 0.05) is 13.1 Å². The first-order chi connectivity index (χ1) is 10.4. The van der Waals surface area contributed by atoms with Crippen LogP contribution in [0, 0.1) is 0 Å². The number of hydrogen-bond donors (Lipinski definition) is 2. The van der Waals surface area contributed by atoms with Gasteiger partial charge in [-0.2, -0.15) is 0 Å². The van der Waals surface area contributed by atoms with Crippen molar-refractivity contribution >= 4 is 0 Å². The zero-order valence-corrected chi connectivity index (χ0v) is 12.9. The summed E-state index contributed by atoms with van der Waals surface area (Å²) in [5.74, 6) is 0. The van der Waals surface area contributed by atoms with E-state index in [2.05, 4.69) is 78.2 Å². The molecule has 0 radical (unpaired) electrons. The van der Waals surface area contributed by atoms with Crippen LogP contribution < -0.4 is 10.6 Å². The maximum Gasteiger partial charge on any atom is 0.0569 e. The highest BCUT2D eigenvalue weighted by molar-refractivity contribution is 5.15. The molecule has 0 aliphatic rings. The second-order valence-corrected chi connectivity index (χ2v) is 5.34. The summed E-state index contributed by atoms with van der Waals surface area (Å²) < 4.78 is 0. The van der Waals surface area contributed by atoms with Crippen molar-refractivity contribution in [2.24, 2.45) is 0 Å². The van der Waals surface area contributed by atoms with Crippen molar-refractivity contribution in [3.8, 4) is 0 Å². The number of nitrogens with one attached hydrogen (secondary N) is 2. The molecule has 0 aliphatic carbocycles. The van der Waals surface area contributed by atoms with Crippen LogP contribution in [0.4, 0.5) is 0 Å². The minimum Gasteiger partial charge on any atom is -0.302 e. The molecule has 0 bridgehead atoms. The van der Waals surface area contributed by atoms with Crippen LogP contribution in [0.5, 0.6) is 0 Å². The lowest BCUT2D eigenvalue weighted by Crippen LogP contribution is -2.43. The first-order valence-electron chi connectivity index (χ1n) is 7.93. The van der Waals surface area contributed by atoms with Crippen molar-refractivity contribution in [2.75, 3.05) is 13.1 Å². The lowest BCUT2D eigenvalue weighted by atomic mass is 10.1. The van der Waals surface area contributed by atoms with Gasteiger partial charge < -0.3 is 10.6 Å². The zero-order valence-electron chi connectivity index (χ0n) is 12.9. The van der Waals surface area contributed by atoms with E-state index in [-0.39, 0.29) is 0 Å².